The van der Waals surface area contributed by atoms with Crippen LogP contribution in [-0.2, 0) is 16.4 Å². The van der Waals surface area contributed by atoms with Crippen LogP contribution in [0.2, 0.25) is 0 Å². The Morgan fingerprint density at radius 2 is 1.68 bits per heavy atom. The highest BCUT2D eigenvalue weighted by Gasteiger charge is 2.34. The molecule has 0 aromatic heterocycles. The standard InChI is InChI=1S/C23H28N2O5S/c1-16-13-18-14-19(31(27,28)24-11-5-4-6-12-24)8-9-20(18)25(16)23(26)17-7-10-21(29-2)22(15-17)30-3/h7-10,14-16H,4-6,11-13H2,1-3H3. The highest BCUT2D eigenvalue weighted by molar-refractivity contribution is 7.89. The van der Waals surface area contributed by atoms with E-state index in [2.05, 4.69) is 0 Å². The zero-order chi connectivity index (χ0) is 22.2. The second-order valence-electron chi connectivity index (χ2n) is 8.05. The number of fused-ring (bicyclic) bond motifs is 1. The predicted octanol–water partition coefficient (Wildman–Crippen LogP) is 3.47. The van der Waals surface area contributed by atoms with Crippen LogP contribution in [0.5, 0.6) is 11.5 Å². The Hall–Kier alpha value is -2.58. The normalized spacial score (nSPS) is 19.2. The second-order valence-corrected chi connectivity index (χ2v) is 9.99. The molecule has 4 rings (SSSR count). The molecule has 0 aliphatic carbocycles. The average Bonchev–Trinajstić information content (AvgIpc) is 3.13. The number of piperidine rings is 1. The zero-order valence-electron chi connectivity index (χ0n) is 18.1. The first kappa shape index (κ1) is 21.6. The smallest absolute Gasteiger partial charge is 0.258 e. The van der Waals surface area contributed by atoms with Crippen LogP contribution in [0.1, 0.15) is 42.1 Å². The van der Waals surface area contributed by atoms with E-state index < -0.39 is 10.0 Å². The van der Waals surface area contributed by atoms with Gasteiger partial charge in [-0.05, 0) is 68.1 Å². The van der Waals surface area contributed by atoms with Gasteiger partial charge in [-0.25, -0.2) is 8.42 Å². The van der Waals surface area contributed by atoms with Crippen molar-refractivity contribution in [2.75, 3.05) is 32.2 Å². The summed E-state index contributed by atoms with van der Waals surface area (Å²) in [6.07, 6.45) is 3.47. The number of sulfonamides is 1. The molecule has 0 N–H and O–H groups in total. The summed E-state index contributed by atoms with van der Waals surface area (Å²) in [5, 5.41) is 0. The molecule has 0 saturated carbocycles. The molecule has 2 heterocycles. The van der Waals surface area contributed by atoms with Crippen LogP contribution in [0.4, 0.5) is 5.69 Å². The fraction of sp³-hybridized carbons (Fsp3) is 0.435. The molecule has 0 bridgehead atoms. The van der Waals surface area contributed by atoms with Crippen LogP contribution in [0, 0.1) is 0 Å². The number of hydrogen-bond acceptors (Lipinski definition) is 5. The van der Waals surface area contributed by atoms with Gasteiger partial charge in [0, 0.05) is 30.4 Å². The van der Waals surface area contributed by atoms with E-state index >= 15 is 0 Å². The number of rotatable bonds is 5. The van der Waals surface area contributed by atoms with Crippen molar-refractivity contribution in [3.05, 3.63) is 47.5 Å². The lowest BCUT2D eigenvalue weighted by atomic mass is 10.1. The molecule has 2 aliphatic heterocycles. The molecule has 2 aromatic carbocycles. The van der Waals surface area contributed by atoms with Crippen molar-refractivity contribution in [1.82, 2.24) is 4.31 Å². The number of ether oxygens (including phenoxy) is 2. The van der Waals surface area contributed by atoms with Crippen LogP contribution >= 0.6 is 0 Å². The third-order valence-electron chi connectivity index (χ3n) is 6.07. The summed E-state index contributed by atoms with van der Waals surface area (Å²) in [7, 11) is -0.427. The number of carbonyl (C=O) groups excluding carboxylic acids is 1. The van der Waals surface area contributed by atoms with Crippen molar-refractivity contribution in [1.29, 1.82) is 0 Å². The molecule has 0 radical (unpaired) electrons. The highest BCUT2D eigenvalue weighted by Crippen LogP contribution is 2.37. The van der Waals surface area contributed by atoms with E-state index in [4.69, 9.17) is 9.47 Å². The van der Waals surface area contributed by atoms with E-state index in [0.717, 1.165) is 30.5 Å². The molecule has 1 atom stereocenters. The Labute approximate surface area is 183 Å². The number of anilines is 1. The van der Waals surface area contributed by atoms with Crippen LogP contribution < -0.4 is 14.4 Å². The molecular formula is C23H28N2O5S. The molecule has 2 aromatic rings. The van der Waals surface area contributed by atoms with Crippen molar-refractivity contribution in [3.8, 4) is 11.5 Å². The molecule has 31 heavy (non-hydrogen) atoms. The predicted molar refractivity (Wildman–Crippen MR) is 119 cm³/mol. The SMILES string of the molecule is COc1ccc(C(=O)N2c3ccc(S(=O)(=O)N4CCCCC4)cc3CC2C)cc1OC. The minimum absolute atomic E-state index is 0.0801. The largest absolute Gasteiger partial charge is 0.493 e. The highest BCUT2D eigenvalue weighted by atomic mass is 32.2. The lowest BCUT2D eigenvalue weighted by molar-refractivity contribution is 0.0981. The Morgan fingerprint density at radius 1 is 0.968 bits per heavy atom. The van der Waals surface area contributed by atoms with Crippen LogP contribution in [-0.4, -0.2) is 52.0 Å². The van der Waals surface area contributed by atoms with Gasteiger partial charge in [-0.1, -0.05) is 6.42 Å². The Morgan fingerprint density at radius 3 is 2.35 bits per heavy atom. The van der Waals surface area contributed by atoms with Gasteiger partial charge in [0.15, 0.2) is 11.5 Å². The molecule has 1 unspecified atom stereocenters. The van der Waals surface area contributed by atoms with Gasteiger partial charge >= 0.3 is 0 Å². The molecular weight excluding hydrogens is 416 g/mol. The van der Waals surface area contributed by atoms with Gasteiger partial charge in [-0.15, -0.1) is 0 Å². The van der Waals surface area contributed by atoms with Gasteiger partial charge in [0.2, 0.25) is 10.0 Å². The van der Waals surface area contributed by atoms with Crippen LogP contribution in [0.15, 0.2) is 41.3 Å². The van der Waals surface area contributed by atoms with Crippen molar-refractivity contribution < 1.29 is 22.7 Å². The number of nitrogens with zero attached hydrogens (tertiary/aromatic N) is 2. The Kier molecular flexibility index (Phi) is 5.94. The maximum atomic E-state index is 13.3. The van der Waals surface area contributed by atoms with Gasteiger partial charge < -0.3 is 14.4 Å². The molecule has 1 saturated heterocycles. The summed E-state index contributed by atoms with van der Waals surface area (Å²) in [5.74, 6) is 0.892. The van der Waals surface area contributed by atoms with E-state index in [9.17, 15) is 13.2 Å². The monoisotopic (exact) mass is 444 g/mol. The van der Waals surface area contributed by atoms with Gasteiger partial charge in [0.25, 0.3) is 5.91 Å². The van der Waals surface area contributed by atoms with Gasteiger partial charge in [0.05, 0.1) is 19.1 Å². The number of methoxy groups -OCH3 is 2. The number of hydrogen-bond donors (Lipinski definition) is 0. The third kappa shape index (κ3) is 3.90. The molecule has 2 aliphatic rings. The summed E-state index contributed by atoms with van der Waals surface area (Å²) < 4.78 is 38.3. The van der Waals surface area contributed by atoms with E-state index in [0.29, 0.717) is 41.5 Å². The topological polar surface area (TPSA) is 76.2 Å². The Bertz CT molecular complexity index is 1090. The molecule has 7 nitrogen and oxygen atoms in total. The molecule has 0 spiro atoms. The minimum Gasteiger partial charge on any atom is -0.493 e. The first-order valence-corrected chi connectivity index (χ1v) is 12.0. The van der Waals surface area contributed by atoms with Crippen LogP contribution in [0.25, 0.3) is 0 Å². The van der Waals surface area contributed by atoms with Gasteiger partial charge in [-0.3, -0.25) is 4.79 Å². The average molecular weight is 445 g/mol. The Balaban J connectivity index is 1.64. The summed E-state index contributed by atoms with van der Waals surface area (Å²) in [6.45, 7) is 3.11. The van der Waals surface area contributed by atoms with Crippen molar-refractivity contribution in [2.45, 2.75) is 43.5 Å². The summed E-state index contributed by atoms with van der Waals surface area (Å²) >= 11 is 0. The van der Waals surface area contributed by atoms with E-state index in [-0.39, 0.29) is 11.9 Å². The molecule has 166 valence electrons. The summed E-state index contributed by atoms with van der Waals surface area (Å²) in [4.78, 5) is 15.4. The first-order valence-electron chi connectivity index (χ1n) is 10.6. The van der Waals surface area contributed by atoms with Crippen molar-refractivity contribution >= 4 is 21.6 Å². The third-order valence-corrected chi connectivity index (χ3v) is 7.96. The molecule has 1 fully saturated rings. The quantitative estimate of drug-likeness (QED) is 0.706. The van der Waals surface area contributed by atoms with Crippen molar-refractivity contribution in [3.63, 3.8) is 0 Å². The minimum atomic E-state index is -3.51. The second kappa shape index (κ2) is 8.51. The fourth-order valence-corrected chi connectivity index (χ4v) is 6.01. The maximum absolute atomic E-state index is 13.3. The number of benzene rings is 2. The fourth-order valence-electron chi connectivity index (χ4n) is 4.44. The first-order chi connectivity index (χ1) is 14.9. The molecule has 1 amide bonds. The van der Waals surface area contributed by atoms with E-state index in [1.807, 2.05) is 6.92 Å². The van der Waals surface area contributed by atoms with Gasteiger partial charge in [-0.2, -0.15) is 4.31 Å². The van der Waals surface area contributed by atoms with Crippen molar-refractivity contribution in [2.24, 2.45) is 0 Å². The summed E-state index contributed by atoms with van der Waals surface area (Å²) in [6, 6.07) is 10.1. The lowest BCUT2D eigenvalue weighted by Crippen LogP contribution is -2.36. The maximum Gasteiger partial charge on any atom is 0.258 e. The zero-order valence-corrected chi connectivity index (χ0v) is 18.9. The van der Waals surface area contributed by atoms with E-state index in [1.165, 1.54) is 7.11 Å². The van der Waals surface area contributed by atoms with Crippen LogP contribution in [0.3, 0.4) is 0 Å². The lowest BCUT2D eigenvalue weighted by Gasteiger charge is -2.26. The van der Waals surface area contributed by atoms with Gasteiger partial charge in [0.1, 0.15) is 0 Å². The number of amides is 1. The number of carbonyl (C=O) groups is 1. The van der Waals surface area contributed by atoms with E-state index in [1.54, 1.807) is 52.7 Å². The summed E-state index contributed by atoms with van der Waals surface area (Å²) in [5.41, 5.74) is 2.12. The molecule has 8 heteroatoms.